The van der Waals surface area contributed by atoms with E-state index < -0.39 is 0 Å². The van der Waals surface area contributed by atoms with Crippen LogP contribution in [0.5, 0.6) is 0 Å². The molecule has 2 heterocycles. The monoisotopic (exact) mass is 348 g/mol. The molecule has 0 fully saturated rings. The second-order valence-electron chi connectivity index (χ2n) is 6.41. The minimum atomic E-state index is 0.739. The summed E-state index contributed by atoms with van der Waals surface area (Å²) in [5.74, 6) is 0.743. The molecule has 0 saturated carbocycles. The van der Waals surface area contributed by atoms with Crippen molar-refractivity contribution >= 4 is 10.9 Å². The average molecular weight is 348 g/mol. The Balaban J connectivity index is 1.51. The van der Waals surface area contributed by atoms with Crippen LogP contribution in [0, 0.1) is 0 Å². The number of hydrogen-bond acceptors (Lipinski definition) is 3. The first kappa shape index (κ1) is 15.5. The number of nitrogens with zero attached hydrogens (tertiary/aromatic N) is 2. The second kappa shape index (κ2) is 6.54. The van der Waals surface area contributed by atoms with Gasteiger partial charge in [0.05, 0.1) is 11.2 Å². The Bertz CT molecular complexity index is 1210. The van der Waals surface area contributed by atoms with Gasteiger partial charge in [-0.15, -0.1) is 0 Å². The zero-order valence-corrected chi connectivity index (χ0v) is 14.5. The number of aromatic nitrogens is 2. The van der Waals surface area contributed by atoms with Crippen molar-refractivity contribution in [2.45, 2.75) is 0 Å². The van der Waals surface area contributed by atoms with E-state index in [4.69, 9.17) is 9.51 Å². The van der Waals surface area contributed by atoms with E-state index >= 15 is 0 Å². The molecule has 0 spiro atoms. The third kappa shape index (κ3) is 3.00. The molecule has 0 aliphatic rings. The maximum absolute atomic E-state index is 5.50. The van der Waals surface area contributed by atoms with E-state index in [1.807, 2.05) is 48.5 Å². The maximum atomic E-state index is 5.50. The molecule has 0 aliphatic heterocycles. The van der Waals surface area contributed by atoms with Gasteiger partial charge in [-0.25, -0.2) is 4.98 Å². The van der Waals surface area contributed by atoms with E-state index in [2.05, 4.69) is 53.7 Å². The van der Waals surface area contributed by atoms with Crippen LogP contribution in [0.4, 0.5) is 0 Å². The summed E-state index contributed by atoms with van der Waals surface area (Å²) >= 11 is 0. The van der Waals surface area contributed by atoms with Crippen molar-refractivity contribution in [2.24, 2.45) is 0 Å². The lowest BCUT2D eigenvalue weighted by molar-refractivity contribution is 0.434. The molecule has 2 aromatic heterocycles. The third-order valence-electron chi connectivity index (χ3n) is 4.63. The number of hydrogen-bond donors (Lipinski definition) is 0. The average Bonchev–Trinajstić information content (AvgIpc) is 3.25. The number of pyridine rings is 1. The SMILES string of the molecule is c1ccc(-c2ccc3nc(-c4cc(-c5ccccc5)on4)ccc3c2)cc1. The van der Waals surface area contributed by atoms with Gasteiger partial charge in [-0.3, -0.25) is 0 Å². The topological polar surface area (TPSA) is 38.9 Å². The smallest absolute Gasteiger partial charge is 0.167 e. The molecule has 5 aromatic rings. The van der Waals surface area contributed by atoms with Crippen LogP contribution in [0.2, 0.25) is 0 Å². The number of rotatable bonds is 3. The molecule has 3 aromatic carbocycles. The van der Waals surface area contributed by atoms with Crippen molar-refractivity contribution in [1.29, 1.82) is 0 Å². The van der Waals surface area contributed by atoms with Crippen molar-refractivity contribution in [3.8, 4) is 33.8 Å². The molecule has 0 unspecified atom stereocenters. The van der Waals surface area contributed by atoms with Crippen LogP contribution in [-0.2, 0) is 0 Å². The van der Waals surface area contributed by atoms with Gasteiger partial charge in [0.2, 0.25) is 0 Å². The molecule has 0 amide bonds. The van der Waals surface area contributed by atoms with Gasteiger partial charge in [-0.1, -0.05) is 78.0 Å². The highest BCUT2D eigenvalue weighted by Crippen LogP contribution is 2.28. The molecule has 0 bridgehead atoms. The van der Waals surface area contributed by atoms with Gasteiger partial charge < -0.3 is 4.52 Å². The van der Waals surface area contributed by atoms with Crippen molar-refractivity contribution < 1.29 is 4.52 Å². The van der Waals surface area contributed by atoms with E-state index in [-0.39, 0.29) is 0 Å². The van der Waals surface area contributed by atoms with Crippen LogP contribution >= 0.6 is 0 Å². The first-order valence-corrected chi connectivity index (χ1v) is 8.85. The lowest BCUT2D eigenvalue weighted by Gasteiger charge is -2.05. The molecule has 5 rings (SSSR count). The predicted molar refractivity (Wildman–Crippen MR) is 108 cm³/mol. The molecule has 0 saturated heterocycles. The van der Waals surface area contributed by atoms with E-state index in [0.717, 1.165) is 33.6 Å². The Kier molecular flexibility index (Phi) is 3.76. The van der Waals surface area contributed by atoms with Crippen LogP contribution < -0.4 is 0 Å². The van der Waals surface area contributed by atoms with E-state index in [9.17, 15) is 0 Å². The Morgan fingerprint density at radius 1 is 0.556 bits per heavy atom. The van der Waals surface area contributed by atoms with Crippen LogP contribution in [0.3, 0.4) is 0 Å². The molecule has 0 N–H and O–H groups in total. The summed E-state index contributed by atoms with van der Waals surface area (Å²) < 4.78 is 5.50. The maximum Gasteiger partial charge on any atom is 0.167 e. The number of fused-ring (bicyclic) bond motifs is 1. The minimum absolute atomic E-state index is 0.739. The molecule has 0 aliphatic carbocycles. The van der Waals surface area contributed by atoms with Crippen LogP contribution in [-0.4, -0.2) is 10.1 Å². The van der Waals surface area contributed by atoms with Gasteiger partial charge in [0, 0.05) is 17.0 Å². The molecule has 128 valence electrons. The lowest BCUT2D eigenvalue weighted by Crippen LogP contribution is -1.86. The van der Waals surface area contributed by atoms with Crippen LogP contribution in [0.25, 0.3) is 44.7 Å². The normalized spacial score (nSPS) is 11.0. The summed E-state index contributed by atoms with van der Waals surface area (Å²) in [7, 11) is 0. The Morgan fingerprint density at radius 2 is 1.30 bits per heavy atom. The molecule has 3 nitrogen and oxygen atoms in total. The largest absolute Gasteiger partial charge is 0.356 e. The Labute approximate surface area is 156 Å². The summed E-state index contributed by atoms with van der Waals surface area (Å²) in [5.41, 5.74) is 5.88. The van der Waals surface area contributed by atoms with E-state index in [0.29, 0.717) is 0 Å². The zero-order valence-electron chi connectivity index (χ0n) is 14.5. The molecular weight excluding hydrogens is 332 g/mol. The van der Waals surface area contributed by atoms with Gasteiger partial charge in [0.15, 0.2) is 5.76 Å². The first-order chi connectivity index (χ1) is 13.4. The highest BCUT2D eigenvalue weighted by molar-refractivity contribution is 5.86. The summed E-state index contributed by atoms with van der Waals surface area (Å²) in [6.07, 6.45) is 0. The highest BCUT2D eigenvalue weighted by Gasteiger charge is 2.10. The fraction of sp³-hybridized carbons (Fsp3) is 0. The van der Waals surface area contributed by atoms with Gasteiger partial charge >= 0.3 is 0 Å². The van der Waals surface area contributed by atoms with Gasteiger partial charge in [-0.2, -0.15) is 0 Å². The Hall–Kier alpha value is -3.72. The quantitative estimate of drug-likeness (QED) is 0.388. The second-order valence-corrected chi connectivity index (χ2v) is 6.41. The molecular formula is C24H16N2O. The van der Waals surface area contributed by atoms with Crippen molar-refractivity contribution in [3.63, 3.8) is 0 Å². The fourth-order valence-corrected chi connectivity index (χ4v) is 3.21. The summed E-state index contributed by atoms with van der Waals surface area (Å²) in [5, 5.41) is 5.30. The fourth-order valence-electron chi connectivity index (χ4n) is 3.21. The molecule has 0 atom stereocenters. The summed E-state index contributed by atoms with van der Waals surface area (Å²) in [6, 6.07) is 32.6. The Morgan fingerprint density at radius 3 is 2.07 bits per heavy atom. The van der Waals surface area contributed by atoms with Crippen LogP contribution in [0.1, 0.15) is 0 Å². The standard InChI is InChI=1S/C24H16N2O/c1-3-7-17(8-4-1)19-11-13-21-20(15-19)12-14-22(25-21)23-16-24(27-26-23)18-9-5-2-6-10-18/h1-16H. The molecule has 0 radical (unpaired) electrons. The van der Waals surface area contributed by atoms with Gasteiger partial charge in [-0.05, 0) is 29.3 Å². The van der Waals surface area contributed by atoms with Crippen molar-refractivity contribution in [3.05, 3.63) is 97.1 Å². The van der Waals surface area contributed by atoms with E-state index in [1.54, 1.807) is 0 Å². The van der Waals surface area contributed by atoms with Crippen molar-refractivity contribution in [2.75, 3.05) is 0 Å². The van der Waals surface area contributed by atoms with Gasteiger partial charge in [0.25, 0.3) is 0 Å². The predicted octanol–water partition coefficient (Wildman–Crippen LogP) is 6.22. The highest BCUT2D eigenvalue weighted by atomic mass is 16.5. The van der Waals surface area contributed by atoms with Crippen molar-refractivity contribution in [1.82, 2.24) is 10.1 Å². The van der Waals surface area contributed by atoms with E-state index in [1.165, 1.54) is 11.1 Å². The van der Waals surface area contributed by atoms with Gasteiger partial charge in [0.1, 0.15) is 5.69 Å². The number of benzene rings is 3. The third-order valence-corrected chi connectivity index (χ3v) is 4.63. The molecule has 27 heavy (non-hydrogen) atoms. The lowest BCUT2D eigenvalue weighted by atomic mass is 10.0. The molecule has 3 heteroatoms. The minimum Gasteiger partial charge on any atom is -0.356 e. The first-order valence-electron chi connectivity index (χ1n) is 8.85. The van der Waals surface area contributed by atoms with Crippen LogP contribution in [0.15, 0.2) is 102 Å². The summed E-state index contributed by atoms with van der Waals surface area (Å²) in [6.45, 7) is 0. The summed E-state index contributed by atoms with van der Waals surface area (Å²) in [4.78, 5) is 4.76. The zero-order chi connectivity index (χ0) is 18.1.